The van der Waals surface area contributed by atoms with Crippen LogP contribution in [0.5, 0.6) is 17.2 Å². The molecule has 8 nitrogen and oxygen atoms in total. The molecule has 3 aromatic rings. The summed E-state index contributed by atoms with van der Waals surface area (Å²) < 4.78 is 15.1. The first-order valence-corrected chi connectivity index (χ1v) is 9.32. The molecular formula is C22H24N2O6. The Morgan fingerprint density at radius 2 is 1.77 bits per heavy atom. The minimum Gasteiger partial charge on any atom is -0.504 e. The average Bonchev–Trinajstić information content (AvgIpc) is 3.12. The van der Waals surface area contributed by atoms with Crippen molar-refractivity contribution in [2.45, 2.75) is 18.8 Å². The topological polar surface area (TPSA) is 114 Å². The SMILES string of the molecule is COC(=O)C[C@@H](c1ccc(OC)c(O)c1)c1c(Cc2ccc(OC)cc2)[nH][nH]c1=O. The Balaban J connectivity index is 2.02. The van der Waals surface area contributed by atoms with Crippen LogP contribution in [0, 0.1) is 0 Å². The number of H-pyrrole nitrogens is 2. The third kappa shape index (κ3) is 4.48. The normalized spacial score (nSPS) is 11.7. The summed E-state index contributed by atoms with van der Waals surface area (Å²) in [5, 5.41) is 15.7. The molecule has 8 heteroatoms. The molecule has 158 valence electrons. The lowest BCUT2D eigenvalue weighted by Crippen LogP contribution is -2.18. The number of ether oxygens (including phenoxy) is 3. The number of carbonyl (C=O) groups is 1. The highest BCUT2D eigenvalue weighted by Crippen LogP contribution is 2.35. The van der Waals surface area contributed by atoms with Crippen LogP contribution >= 0.6 is 0 Å². The van der Waals surface area contributed by atoms with Crippen molar-refractivity contribution in [1.29, 1.82) is 0 Å². The number of aromatic hydroxyl groups is 1. The monoisotopic (exact) mass is 412 g/mol. The maximum Gasteiger partial charge on any atom is 0.306 e. The molecular weight excluding hydrogens is 388 g/mol. The van der Waals surface area contributed by atoms with Crippen LogP contribution in [0.2, 0.25) is 0 Å². The first-order valence-electron chi connectivity index (χ1n) is 9.32. The second kappa shape index (κ2) is 9.21. The summed E-state index contributed by atoms with van der Waals surface area (Å²) in [6.07, 6.45) is 0.386. The first-order chi connectivity index (χ1) is 14.5. The molecule has 3 N–H and O–H groups in total. The molecule has 2 aromatic carbocycles. The Morgan fingerprint density at radius 1 is 1.03 bits per heavy atom. The van der Waals surface area contributed by atoms with E-state index in [0.29, 0.717) is 29.0 Å². The summed E-state index contributed by atoms with van der Waals surface area (Å²) in [6, 6.07) is 12.3. The Bertz CT molecular complexity index is 1070. The number of hydrogen-bond donors (Lipinski definition) is 3. The zero-order valence-corrected chi connectivity index (χ0v) is 17.0. The highest BCUT2D eigenvalue weighted by molar-refractivity contribution is 5.71. The summed E-state index contributed by atoms with van der Waals surface area (Å²) in [4.78, 5) is 24.8. The fraction of sp³-hybridized carbons (Fsp3) is 0.273. The van der Waals surface area contributed by atoms with Gasteiger partial charge in [-0.15, -0.1) is 0 Å². The minimum absolute atomic E-state index is 0.0567. The standard InChI is InChI=1S/C22H24N2O6/c1-28-15-7-4-13(5-8-15)10-17-21(22(27)24-23-17)16(12-20(26)30-3)14-6-9-19(29-2)18(25)11-14/h4-9,11,16,25H,10,12H2,1-3H3,(H2,23,24,27)/t16-/m0/s1. The molecule has 1 aromatic heterocycles. The molecule has 0 aliphatic carbocycles. The number of methoxy groups -OCH3 is 3. The zero-order valence-electron chi connectivity index (χ0n) is 17.0. The number of carbonyl (C=O) groups excluding carboxylic acids is 1. The van der Waals surface area contributed by atoms with Crippen molar-refractivity contribution in [3.63, 3.8) is 0 Å². The smallest absolute Gasteiger partial charge is 0.306 e. The van der Waals surface area contributed by atoms with Crippen LogP contribution in [0.25, 0.3) is 0 Å². The molecule has 30 heavy (non-hydrogen) atoms. The number of aromatic nitrogens is 2. The Labute approximate surface area is 173 Å². The molecule has 1 atom stereocenters. The quantitative estimate of drug-likeness (QED) is 0.490. The molecule has 0 saturated heterocycles. The van der Waals surface area contributed by atoms with Crippen LogP contribution < -0.4 is 15.0 Å². The van der Waals surface area contributed by atoms with E-state index in [4.69, 9.17) is 14.2 Å². The van der Waals surface area contributed by atoms with Gasteiger partial charge < -0.3 is 24.4 Å². The highest BCUT2D eigenvalue weighted by atomic mass is 16.5. The molecule has 0 bridgehead atoms. The third-order valence-electron chi connectivity index (χ3n) is 4.99. The van der Waals surface area contributed by atoms with E-state index in [0.717, 1.165) is 11.3 Å². The number of nitrogens with one attached hydrogen (secondary N) is 2. The van der Waals surface area contributed by atoms with Gasteiger partial charge in [0.2, 0.25) is 0 Å². The molecule has 0 amide bonds. The zero-order chi connectivity index (χ0) is 21.7. The number of phenols is 1. The molecule has 0 aliphatic rings. The Morgan fingerprint density at radius 3 is 2.37 bits per heavy atom. The van der Waals surface area contributed by atoms with Gasteiger partial charge in [0, 0.05) is 23.6 Å². The van der Waals surface area contributed by atoms with E-state index in [1.807, 2.05) is 24.3 Å². The van der Waals surface area contributed by atoms with Crippen molar-refractivity contribution in [3.05, 3.63) is 75.2 Å². The number of phenolic OH excluding ortho intramolecular Hbond substituents is 1. The minimum atomic E-state index is -0.613. The highest BCUT2D eigenvalue weighted by Gasteiger charge is 2.26. The maximum absolute atomic E-state index is 12.7. The predicted molar refractivity (Wildman–Crippen MR) is 110 cm³/mol. The Kier molecular flexibility index (Phi) is 6.46. The molecule has 0 aliphatic heterocycles. The molecule has 0 fully saturated rings. The molecule has 0 saturated carbocycles. The summed E-state index contributed by atoms with van der Waals surface area (Å²) in [5.74, 6) is -0.117. The lowest BCUT2D eigenvalue weighted by Gasteiger charge is -2.17. The van der Waals surface area contributed by atoms with Crippen LogP contribution in [-0.4, -0.2) is 42.6 Å². The van der Waals surface area contributed by atoms with Gasteiger partial charge in [0.1, 0.15) is 5.75 Å². The van der Waals surface area contributed by atoms with Crippen molar-refractivity contribution in [2.24, 2.45) is 0 Å². The van der Waals surface area contributed by atoms with Crippen LogP contribution in [0.15, 0.2) is 47.3 Å². The van der Waals surface area contributed by atoms with Crippen LogP contribution in [0.1, 0.15) is 34.7 Å². The first kappa shape index (κ1) is 21.0. The maximum atomic E-state index is 12.7. The van der Waals surface area contributed by atoms with E-state index >= 15 is 0 Å². The van der Waals surface area contributed by atoms with Gasteiger partial charge in [0.05, 0.1) is 27.8 Å². The lowest BCUT2D eigenvalue weighted by molar-refractivity contribution is -0.140. The van der Waals surface area contributed by atoms with E-state index < -0.39 is 11.9 Å². The van der Waals surface area contributed by atoms with Crippen molar-refractivity contribution in [3.8, 4) is 17.2 Å². The Hall–Kier alpha value is -3.68. The van der Waals surface area contributed by atoms with E-state index in [9.17, 15) is 14.7 Å². The van der Waals surface area contributed by atoms with Gasteiger partial charge in [-0.2, -0.15) is 0 Å². The van der Waals surface area contributed by atoms with Crippen LogP contribution in [0.4, 0.5) is 0 Å². The summed E-state index contributed by atoms with van der Waals surface area (Å²) in [7, 11) is 4.34. The molecule has 0 unspecified atom stereocenters. The second-order valence-electron chi connectivity index (χ2n) is 6.76. The van der Waals surface area contributed by atoms with Gasteiger partial charge in [0.15, 0.2) is 11.5 Å². The average molecular weight is 412 g/mol. The van der Waals surface area contributed by atoms with Gasteiger partial charge in [-0.05, 0) is 35.4 Å². The molecule has 0 radical (unpaired) electrons. The van der Waals surface area contributed by atoms with Crippen LogP contribution in [-0.2, 0) is 16.0 Å². The summed E-state index contributed by atoms with van der Waals surface area (Å²) in [6.45, 7) is 0. The predicted octanol–water partition coefficient (Wildman–Crippen LogP) is 2.71. The van der Waals surface area contributed by atoms with E-state index in [1.165, 1.54) is 20.3 Å². The fourth-order valence-corrected chi connectivity index (χ4v) is 3.42. The molecule has 1 heterocycles. The number of aromatic amines is 2. The summed E-state index contributed by atoms with van der Waals surface area (Å²) in [5.41, 5.74) is 2.29. The van der Waals surface area contributed by atoms with Gasteiger partial charge in [0.25, 0.3) is 5.56 Å². The van der Waals surface area contributed by atoms with Crippen molar-refractivity contribution in [2.75, 3.05) is 21.3 Å². The van der Waals surface area contributed by atoms with Gasteiger partial charge >= 0.3 is 5.97 Å². The van der Waals surface area contributed by atoms with Gasteiger partial charge in [-0.1, -0.05) is 18.2 Å². The van der Waals surface area contributed by atoms with Crippen molar-refractivity contribution >= 4 is 5.97 Å². The lowest BCUT2D eigenvalue weighted by atomic mass is 9.87. The fourth-order valence-electron chi connectivity index (χ4n) is 3.42. The number of esters is 1. The number of hydrogen-bond acceptors (Lipinski definition) is 6. The largest absolute Gasteiger partial charge is 0.504 e. The van der Waals surface area contributed by atoms with E-state index in [1.54, 1.807) is 19.2 Å². The molecule has 3 rings (SSSR count). The van der Waals surface area contributed by atoms with E-state index in [-0.39, 0.29) is 17.7 Å². The summed E-state index contributed by atoms with van der Waals surface area (Å²) >= 11 is 0. The van der Waals surface area contributed by atoms with Gasteiger partial charge in [-0.25, -0.2) is 0 Å². The van der Waals surface area contributed by atoms with Crippen LogP contribution in [0.3, 0.4) is 0 Å². The van der Waals surface area contributed by atoms with Crippen molar-refractivity contribution in [1.82, 2.24) is 10.2 Å². The van der Waals surface area contributed by atoms with E-state index in [2.05, 4.69) is 10.2 Å². The second-order valence-corrected chi connectivity index (χ2v) is 6.76. The number of rotatable bonds is 8. The number of benzene rings is 2. The third-order valence-corrected chi connectivity index (χ3v) is 4.99. The van der Waals surface area contributed by atoms with Gasteiger partial charge in [-0.3, -0.25) is 14.7 Å². The molecule has 0 spiro atoms. The van der Waals surface area contributed by atoms with Crippen molar-refractivity contribution < 1.29 is 24.1 Å².